The molecule has 36 heavy (non-hydrogen) atoms. The van der Waals surface area contributed by atoms with E-state index in [2.05, 4.69) is 47.1 Å². The molecule has 2 aromatic carbocycles. The van der Waals surface area contributed by atoms with Crippen LogP contribution in [0.1, 0.15) is 43.9 Å². The molecule has 0 saturated carbocycles. The fraction of sp³-hybridized carbons (Fsp3) is 0.429. The molecular formula is C28H32N4O3S. The van der Waals surface area contributed by atoms with Gasteiger partial charge in [0, 0.05) is 31.7 Å². The second kappa shape index (κ2) is 10.5. The van der Waals surface area contributed by atoms with Gasteiger partial charge in [0.1, 0.15) is 6.07 Å². The van der Waals surface area contributed by atoms with Crippen molar-refractivity contribution in [3.63, 3.8) is 0 Å². The summed E-state index contributed by atoms with van der Waals surface area (Å²) < 4.78 is 33.7. The van der Waals surface area contributed by atoms with Crippen molar-refractivity contribution < 1.29 is 12.8 Å². The molecule has 5 rings (SSSR count). The Hall–Kier alpha value is -3.15. The van der Waals surface area contributed by atoms with Gasteiger partial charge < -0.3 is 9.32 Å². The van der Waals surface area contributed by atoms with E-state index in [-0.39, 0.29) is 10.6 Å². The van der Waals surface area contributed by atoms with Crippen LogP contribution in [0.25, 0.3) is 11.5 Å². The van der Waals surface area contributed by atoms with Crippen molar-refractivity contribution in [1.82, 2.24) is 9.29 Å². The first-order chi connectivity index (χ1) is 17.4. The zero-order valence-electron chi connectivity index (χ0n) is 20.6. The van der Waals surface area contributed by atoms with Crippen molar-refractivity contribution >= 4 is 15.9 Å². The van der Waals surface area contributed by atoms with E-state index in [1.165, 1.54) is 5.56 Å². The minimum atomic E-state index is -3.52. The predicted octanol–water partition coefficient (Wildman–Crippen LogP) is 5.09. The quantitative estimate of drug-likeness (QED) is 0.464. The van der Waals surface area contributed by atoms with Crippen LogP contribution in [0.15, 0.2) is 63.9 Å². The van der Waals surface area contributed by atoms with Gasteiger partial charge in [-0.2, -0.15) is 14.6 Å². The number of hydrogen-bond donors (Lipinski definition) is 0. The van der Waals surface area contributed by atoms with E-state index in [0.717, 1.165) is 45.2 Å². The van der Waals surface area contributed by atoms with Gasteiger partial charge in [0.2, 0.25) is 27.5 Å². The van der Waals surface area contributed by atoms with Crippen LogP contribution in [-0.2, 0) is 16.4 Å². The van der Waals surface area contributed by atoms with E-state index in [4.69, 9.17) is 4.42 Å². The maximum absolute atomic E-state index is 13.0. The van der Waals surface area contributed by atoms with E-state index in [1.807, 2.05) is 6.07 Å². The average molecular weight is 505 g/mol. The first-order valence-electron chi connectivity index (χ1n) is 12.7. The van der Waals surface area contributed by atoms with Crippen molar-refractivity contribution in [3.05, 3.63) is 65.9 Å². The van der Waals surface area contributed by atoms with Crippen LogP contribution < -0.4 is 4.90 Å². The lowest BCUT2D eigenvalue weighted by Gasteiger charge is -2.31. The lowest BCUT2D eigenvalue weighted by molar-refractivity contribution is 0.288. The third-order valence-corrected chi connectivity index (χ3v) is 9.38. The first-order valence-corrected chi connectivity index (χ1v) is 14.2. The fourth-order valence-corrected chi connectivity index (χ4v) is 6.62. The van der Waals surface area contributed by atoms with E-state index >= 15 is 0 Å². The van der Waals surface area contributed by atoms with Crippen molar-refractivity contribution in [2.45, 2.75) is 43.9 Å². The van der Waals surface area contributed by atoms with Crippen LogP contribution in [0, 0.1) is 23.2 Å². The topological polar surface area (TPSA) is 90.4 Å². The second-order valence-corrected chi connectivity index (χ2v) is 12.0. The van der Waals surface area contributed by atoms with Gasteiger partial charge in [-0.15, -0.1) is 0 Å². The number of aromatic nitrogens is 1. The average Bonchev–Trinajstić information content (AvgIpc) is 3.35. The Kier molecular flexibility index (Phi) is 7.13. The van der Waals surface area contributed by atoms with E-state index in [1.54, 1.807) is 28.6 Å². The van der Waals surface area contributed by atoms with Gasteiger partial charge in [-0.3, -0.25) is 0 Å². The highest BCUT2D eigenvalue weighted by Crippen LogP contribution is 2.33. The lowest BCUT2D eigenvalue weighted by Crippen LogP contribution is -2.37. The molecule has 2 aliphatic heterocycles. The number of sulfonamides is 1. The number of anilines is 1. The van der Waals surface area contributed by atoms with Crippen molar-refractivity contribution in [1.29, 1.82) is 5.26 Å². The Morgan fingerprint density at radius 3 is 2.28 bits per heavy atom. The van der Waals surface area contributed by atoms with Gasteiger partial charge in [0.25, 0.3) is 0 Å². The highest BCUT2D eigenvalue weighted by Gasteiger charge is 2.29. The summed E-state index contributed by atoms with van der Waals surface area (Å²) in [5.41, 5.74) is 2.28. The molecule has 0 spiro atoms. The molecule has 8 heteroatoms. The number of piperidine rings is 2. The third-order valence-electron chi connectivity index (χ3n) is 7.47. The number of benzene rings is 2. The number of nitrogens with zero attached hydrogens (tertiary/aromatic N) is 4. The molecule has 0 unspecified atom stereocenters. The van der Waals surface area contributed by atoms with Gasteiger partial charge >= 0.3 is 0 Å². The second-order valence-electron chi connectivity index (χ2n) is 10.0. The van der Waals surface area contributed by atoms with Crippen LogP contribution in [0.3, 0.4) is 0 Å². The molecule has 0 amide bonds. The Labute approximate surface area is 213 Å². The zero-order valence-corrected chi connectivity index (χ0v) is 21.5. The summed E-state index contributed by atoms with van der Waals surface area (Å²) in [6.07, 6.45) is 4.89. The molecule has 188 valence electrons. The standard InChI is InChI=1S/C28H32N4O3S/c1-21-11-17-32(18-12-21)36(33,34)25-9-7-24(8-10-25)27-30-26(20-29)28(35-27)31-15-13-23(14-16-31)19-22-5-3-2-4-6-22/h2-10,21,23H,11-19H2,1H3. The van der Waals surface area contributed by atoms with E-state index in [9.17, 15) is 13.7 Å². The van der Waals surface area contributed by atoms with Gasteiger partial charge in [-0.25, -0.2) is 8.42 Å². The molecule has 0 radical (unpaired) electrons. The molecule has 2 saturated heterocycles. The molecule has 0 atom stereocenters. The van der Waals surface area contributed by atoms with E-state index in [0.29, 0.717) is 42.3 Å². The summed E-state index contributed by atoms with van der Waals surface area (Å²) in [6, 6.07) is 19.3. The first kappa shape index (κ1) is 24.5. The molecule has 7 nitrogen and oxygen atoms in total. The summed E-state index contributed by atoms with van der Waals surface area (Å²) in [5, 5.41) is 9.69. The fourth-order valence-electron chi connectivity index (χ4n) is 5.15. The van der Waals surface area contributed by atoms with Gasteiger partial charge in [0.15, 0.2) is 0 Å². The molecule has 1 aromatic heterocycles. The molecular weight excluding hydrogens is 472 g/mol. The number of oxazole rings is 1. The highest BCUT2D eigenvalue weighted by molar-refractivity contribution is 7.89. The molecule has 0 N–H and O–H groups in total. The van der Waals surface area contributed by atoms with Crippen molar-refractivity contribution in [2.24, 2.45) is 11.8 Å². The van der Waals surface area contributed by atoms with Crippen molar-refractivity contribution in [2.75, 3.05) is 31.1 Å². The molecule has 2 fully saturated rings. The summed E-state index contributed by atoms with van der Waals surface area (Å²) in [4.78, 5) is 6.80. The lowest BCUT2D eigenvalue weighted by atomic mass is 9.90. The third kappa shape index (κ3) is 5.18. The van der Waals surface area contributed by atoms with Gasteiger partial charge in [-0.05, 0) is 73.8 Å². The summed E-state index contributed by atoms with van der Waals surface area (Å²) in [6.45, 7) is 4.90. The summed E-state index contributed by atoms with van der Waals surface area (Å²) >= 11 is 0. The van der Waals surface area contributed by atoms with Crippen LogP contribution in [0.5, 0.6) is 0 Å². The van der Waals surface area contributed by atoms with Gasteiger partial charge in [0.05, 0.1) is 4.90 Å². The monoisotopic (exact) mass is 504 g/mol. The molecule has 2 aliphatic rings. The highest BCUT2D eigenvalue weighted by atomic mass is 32.2. The van der Waals surface area contributed by atoms with Crippen LogP contribution in [-0.4, -0.2) is 43.9 Å². The maximum Gasteiger partial charge on any atom is 0.243 e. The number of nitriles is 1. The van der Waals surface area contributed by atoms with E-state index < -0.39 is 10.0 Å². The Morgan fingerprint density at radius 2 is 1.64 bits per heavy atom. The normalized spacial score (nSPS) is 18.3. The Bertz CT molecular complexity index is 1310. The summed E-state index contributed by atoms with van der Waals surface area (Å²) in [5.74, 6) is 2.00. The smallest absolute Gasteiger partial charge is 0.243 e. The SMILES string of the molecule is CC1CCN(S(=O)(=O)c2ccc(-c3nc(C#N)c(N4CCC(Cc5ccccc5)CC4)o3)cc2)CC1. The van der Waals surface area contributed by atoms with Gasteiger partial charge in [-0.1, -0.05) is 37.3 Å². The zero-order chi connectivity index (χ0) is 25.1. The predicted molar refractivity (Wildman–Crippen MR) is 139 cm³/mol. The molecule has 0 bridgehead atoms. The number of rotatable bonds is 6. The van der Waals surface area contributed by atoms with Crippen LogP contribution in [0.4, 0.5) is 5.88 Å². The van der Waals surface area contributed by atoms with Crippen LogP contribution in [0.2, 0.25) is 0 Å². The molecule has 3 aromatic rings. The minimum Gasteiger partial charge on any atom is -0.419 e. The largest absolute Gasteiger partial charge is 0.419 e. The maximum atomic E-state index is 13.0. The Balaban J connectivity index is 1.27. The van der Waals surface area contributed by atoms with Crippen LogP contribution >= 0.6 is 0 Å². The number of hydrogen-bond acceptors (Lipinski definition) is 6. The minimum absolute atomic E-state index is 0.269. The Morgan fingerprint density at radius 1 is 0.972 bits per heavy atom. The summed E-state index contributed by atoms with van der Waals surface area (Å²) in [7, 11) is -3.52. The van der Waals surface area contributed by atoms with Crippen molar-refractivity contribution in [3.8, 4) is 17.5 Å². The molecule has 3 heterocycles. The molecule has 0 aliphatic carbocycles.